The number of carbonyl (C=O) groups excluding carboxylic acids is 1. The summed E-state index contributed by atoms with van der Waals surface area (Å²) in [5, 5.41) is 9.29. The number of halogens is 1. The van der Waals surface area contributed by atoms with Crippen molar-refractivity contribution in [2.45, 2.75) is 24.8 Å². The molecular weight excluding hydrogens is 460 g/mol. The Kier molecular flexibility index (Phi) is 5.13. The molecule has 0 fully saturated rings. The third-order valence-corrected chi connectivity index (χ3v) is 7.42. The van der Waals surface area contributed by atoms with Crippen molar-refractivity contribution in [2.24, 2.45) is 0 Å². The van der Waals surface area contributed by atoms with Gasteiger partial charge in [0, 0.05) is 28.5 Å². The second-order valence-electron chi connectivity index (χ2n) is 7.58. The quantitative estimate of drug-likeness (QED) is 0.449. The summed E-state index contributed by atoms with van der Waals surface area (Å²) in [6, 6.07) is 18.1. The molecule has 2 N–H and O–H groups in total. The average molecular weight is 481 g/mol. The normalized spacial score (nSPS) is 20.5. The summed E-state index contributed by atoms with van der Waals surface area (Å²) >= 11 is 5.32. The van der Waals surface area contributed by atoms with Crippen LogP contribution in [0.25, 0.3) is 0 Å². The summed E-state index contributed by atoms with van der Waals surface area (Å²) in [6.07, 6.45) is 1.36. The molecule has 2 atom stereocenters. The lowest BCUT2D eigenvalue weighted by Gasteiger charge is -2.29. The van der Waals surface area contributed by atoms with Gasteiger partial charge in [-0.05, 0) is 63.6 Å². The van der Waals surface area contributed by atoms with Gasteiger partial charge >= 0.3 is 0 Å². The molecule has 2 heterocycles. The van der Waals surface area contributed by atoms with Crippen LogP contribution in [-0.2, 0) is 4.79 Å². The SMILES string of the molecule is COc1ccc([C@H]2Nc3ccccc3NC3=C2C(=O)C[C@@H](c2cccs2)C3)cc1Br. The second kappa shape index (κ2) is 7.93. The zero-order valence-corrected chi connectivity index (χ0v) is 18.8. The molecule has 6 heteroatoms. The number of fused-ring (bicyclic) bond motifs is 1. The van der Waals surface area contributed by atoms with Crippen molar-refractivity contribution in [1.29, 1.82) is 0 Å². The molecule has 1 aromatic heterocycles. The van der Waals surface area contributed by atoms with E-state index in [1.807, 2.05) is 36.4 Å². The Hall–Kier alpha value is -2.57. The first-order valence-corrected chi connectivity index (χ1v) is 11.6. The standard InChI is InChI=1S/C24H21BrN2O2S/c1-29-21-9-8-14(11-16(21)25)24-23-19(26-17-5-2-3-6-18(17)27-24)12-15(13-20(23)28)22-7-4-10-30-22/h2-11,15,24,26-27H,12-13H2,1H3/t15-,24+/m0/s1. The minimum atomic E-state index is -0.227. The highest BCUT2D eigenvalue weighted by Gasteiger charge is 2.36. The van der Waals surface area contributed by atoms with Gasteiger partial charge in [0.05, 0.1) is 29.0 Å². The Bertz CT molecular complexity index is 1140. The Morgan fingerprint density at radius 2 is 1.90 bits per heavy atom. The van der Waals surface area contributed by atoms with E-state index in [-0.39, 0.29) is 17.7 Å². The van der Waals surface area contributed by atoms with Crippen LogP contribution in [0.1, 0.15) is 35.2 Å². The number of rotatable bonds is 3. The number of allylic oxidation sites excluding steroid dienone is 1. The number of thiophene rings is 1. The number of methoxy groups -OCH3 is 1. The number of carbonyl (C=O) groups is 1. The lowest BCUT2D eigenvalue weighted by molar-refractivity contribution is -0.116. The van der Waals surface area contributed by atoms with Crippen molar-refractivity contribution in [1.82, 2.24) is 0 Å². The zero-order valence-electron chi connectivity index (χ0n) is 16.4. The Balaban J connectivity index is 1.62. The van der Waals surface area contributed by atoms with Gasteiger partial charge in [-0.25, -0.2) is 0 Å². The molecule has 0 saturated heterocycles. The minimum Gasteiger partial charge on any atom is -0.496 e. The number of hydrogen-bond acceptors (Lipinski definition) is 5. The van der Waals surface area contributed by atoms with E-state index in [0.717, 1.165) is 44.9 Å². The third kappa shape index (κ3) is 3.44. The number of nitrogens with one attached hydrogen (secondary N) is 2. The highest BCUT2D eigenvalue weighted by atomic mass is 79.9. The number of ketones is 1. The first-order chi connectivity index (χ1) is 14.6. The fourth-order valence-corrected chi connectivity index (χ4v) is 5.72. The van der Waals surface area contributed by atoms with E-state index < -0.39 is 0 Å². The van der Waals surface area contributed by atoms with Crippen LogP contribution in [0.15, 0.2) is 75.7 Å². The molecule has 0 saturated carbocycles. The minimum absolute atomic E-state index is 0.194. The van der Waals surface area contributed by atoms with Crippen LogP contribution in [0.4, 0.5) is 11.4 Å². The van der Waals surface area contributed by atoms with Gasteiger partial charge < -0.3 is 15.4 Å². The van der Waals surface area contributed by atoms with Crippen molar-refractivity contribution < 1.29 is 9.53 Å². The van der Waals surface area contributed by atoms with E-state index >= 15 is 0 Å². The first kappa shape index (κ1) is 19.4. The van der Waals surface area contributed by atoms with E-state index in [4.69, 9.17) is 4.74 Å². The maximum Gasteiger partial charge on any atom is 0.163 e. The maximum atomic E-state index is 13.5. The van der Waals surface area contributed by atoms with E-state index in [1.54, 1.807) is 18.4 Å². The molecule has 2 aliphatic rings. The average Bonchev–Trinajstić information content (AvgIpc) is 3.22. The number of Topliss-reactive ketones (excluding diaryl/α,β-unsaturated/α-hetero) is 1. The Morgan fingerprint density at radius 3 is 2.63 bits per heavy atom. The molecule has 0 bridgehead atoms. The second-order valence-corrected chi connectivity index (χ2v) is 9.41. The predicted octanol–water partition coefficient (Wildman–Crippen LogP) is 6.50. The van der Waals surface area contributed by atoms with E-state index in [0.29, 0.717) is 6.42 Å². The summed E-state index contributed by atoms with van der Waals surface area (Å²) in [4.78, 5) is 14.7. The lowest BCUT2D eigenvalue weighted by atomic mass is 9.81. The number of anilines is 2. The molecular formula is C24H21BrN2O2S. The number of hydrogen-bond donors (Lipinski definition) is 2. The van der Waals surface area contributed by atoms with E-state index in [2.05, 4.69) is 50.1 Å². The van der Waals surface area contributed by atoms with Gasteiger partial charge in [-0.2, -0.15) is 0 Å². The monoisotopic (exact) mass is 480 g/mol. The molecule has 1 aliphatic carbocycles. The smallest absolute Gasteiger partial charge is 0.163 e. The Morgan fingerprint density at radius 1 is 1.07 bits per heavy atom. The highest BCUT2D eigenvalue weighted by molar-refractivity contribution is 9.10. The lowest BCUT2D eigenvalue weighted by Crippen LogP contribution is -2.26. The summed E-state index contributed by atoms with van der Waals surface area (Å²) in [5.41, 5.74) is 4.86. The Labute approximate surface area is 188 Å². The van der Waals surface area contributed by atoms with E-state index in [1.165, 1.54) is 4.88 Å². The van der Waals surface area contributed by atoms with Crippen LogP contribution in [0.2, 0.25) is 0 Å². The van der Waals surface area contributed by atoms with Crippen LogP contribution < -0.4 is 15.4 Å². The van der Waals surface area contributed by atoms with Gasteiger partial charge in [-0.1, -0.05) is 24.3 Å². The zero-order chi connectivity index (χ0) is 20.7. The number of para-hydroxylation sites is 2. The van der Waals surface area contributed by atoms with Crippen LogP contribution in [0.5, 0.6) is 5.75 Å². The maximum absolute atomic E-state index is 13.5. The number of ether oxygens (including phenoxy) is 1. The fraction of sp³-hybridized carbons (Fsp3) is 0.208. The number of benzene rings is 2. The van der Waals surface area contributed by atoms with Gasteiger partial charge in [-0.15, -0.1) is 11.3 Å². The third-order valence-electron chi connectivity index (χ3n) is 5.76. The molecule has 0 spiro atoms. The molecule has 30 heavy (non-hydrogen) atoms. The molecule has 0 unspecified atom stereocenters. The summed E-state index contributed by atoms with van der Waals surface area (Å²) in [5.74, 6) is 1.18. The fourth-order valence-electron chi connectivity index (χ4n) is 4.33. The van der Waals surface area contributed by atoms with Crippen LogP contribution in [0.3, 0.4) is 0 Å². The molecule has 0 amide bonds. The van der Waals surface area contributed by atoms with Crippen molar-refractivity contribution in [3.8, 4) is 5.75 Å². The van der Waals surface area contributed by atoms with Crippen molar-refractivity contribution in [2.75, 3.05) is 17.7 Å². The molecule has 4 nitrogen and oxygen atoms in total. The van der Waals surface area contributed by atoms with Gasteiger partial charge in [0.15, 0.2) is 5.78 Å². The predicted molar refractivity (Wildman–Crippen MR) is 125 cm³/mol. The van der Waals surface area contributed by atoms with Crippen LogP contribution in [0, 0.1) is 0 Å². The first-order valence-electron chi connectivity index (χ1n) is 9.89. The molecule has 0 radical (unpaired) electrons. The van der Waals surface area contributed by atoms with Gasteiger partial charge in [0.1, 0.15) is 5.75 Å². The summed E-state index contributed by atoms with van der Waals surface area (Å²) in [6.45, 7) is 0. The molecule has 1 aliphatic heterocycles. The molecule has 3 aromatic rings. The van der Waals surface area contributed by atoms with Crippen LogP contribution >= 0.6 is 27.3 Å². The highest BCUT2D eigenvalue weighted by Crippen LogP contribution is 2.45. The van der Waals surface area contributed by atoms with Crippen LogP contribution in [-0.4, -0.2) is 12.9 Å². The van der Waals surface area contributed by atoms with Crippen molar-refractivity contribution in [3.05, 3.63) is 86.2 Å². The van der Waals surface area contributed by atoms with Gasteiger partial charge in [-0.3, -0.25) is 4.79 Å². The van der Waals surface area contributed by atoms with E-state index in [9.17, 15) is 4.79 Å². The largest absolute Gasteiger partial charge is 0.496 e. The summed E-state index contributed by atoms with van der Waals surface area (Å²) in [7, 11) is 1.65. The van der Waals surface area contributed by atoms with Gasteiger partial charge in [0.25, 0.3) is 0 Å². The molecule has 2 aromatic carbocycles. The topological polar surface area (TPSA) is 50.4 Å². The molecule has 5 rings (SSSR count). The molecule has 152 valence electrons. The van der Waals surface area contributed by atoms with Crippen molar-refractivity contribution >= 4 is 44.4 Å². The van der Waals surface area contributed by atoms with Gasteiger partial charge in [0.2, 0.25) is 0 Å². The van der Waals surface area contributed by atoms with Crippen molar-refractivity contribution in [3.63, 3.8) is 0 Å². The summed E-state index contributed by atoms with van der Waals surface area (Å²) < 4.78 is 6.27.